The number of amides is 2. The van der Waals surface area contributed by atoms with Gasteiger partial charge < -0.3 is 0 Å². The molecule has 64 heavy (non-hydrogen) atoms. The minimum Gasteiger partial charge on any atom is -0.274 e. The van der Waals surface area contributed by atoms with E-state index in [9.17, 15) is 9.59 Å². The average molecular weight is 959 g/mol. The quantitative estimate of drug-likeness (QED) is 0.0310. The Labute approximate surface area is 408 Å². The summed E-state index contributed by atoms with van der Waals surface area (Å²) in [6.45, 7) is 11.7. The summed E-state index contributed by atoms with van der Waals surface area (Å²) in [7, 11) is 0. The van der Waals surface area contributed by atoms with Gasteiger partial charge in [-0.15, -0.1) is 56.7 Å². The van der Waals surface area contributed by atoms with Crippen LogP contribution in [0.3, 0.4) is 0 Å². The highest BCUT2D eigenvalue weighted by Gasteiger charge is 2.41. The topological polar surface area (TPSA) is 37.4 Å². The Hall–Kier alpha value is -2.36. The fourth-order valence-corrected chi connectivity index (χ4v) is 15.3. The van der Waals surface area contributed by atoms with Gasteiger partial charge in [0.25, 0.3) is 11.8 Å². The summed E-state index contributed by atoms with van der Waals surface area (Å²) in [5.41, 5.74) is 4.21. The van der Waals surface area contributed by atoms with Gasteiger partial charge in [0.2, 0.25) is 0 Å². The maximum atomic E-state index is 14.1. The van der Waals surface area contributed by atoms with E-state index in [-0.39, 0.29) is 11.8 Å². The van der Waals surface area contributed by atoms with Crippen molar-refractivity contribution >= 4 is 68.5 Å². The van der Waals surface area contributed by atoms with Crippen LogP contribution in [0.4, 0.5) is 0 Å². The van der Waals surface area contributed by atoms with Gasteiger partial charge in [-0.25, -0.2) is 0 Å². The number of carbonyl (C=O) groups excluding carboxylic acids is 2. The van der Waals surface area contributed by atoms with Gasteiger partial charge in [0.1, 0.15) is 0 Å². The molecule has 0 radical (unpaired) electrons. The van der Waals surface area contributed by atoms with Crippen LogP contribution in [0.25, 0.3) is 39.0 Å². The Bertz CT molecular complexity index is 2160. The molecule has 0 fully saturated rings. The standard InChI is InChI=1S/C56H79NO2S5/c1-6-9-12-15-18-20-22-24-26-29-32-43-39-49(60-41(43)4)47-36-34-45(62-47)46-35-37-48(63-46)50-40-44(33-30-27-25-23-21-19-16-13-10-7-2)53(64-50)54-52-51(42(5)61-54)55(58)57(56(52)59)38-31-28-17-14-11-8-3/h34-37,39-40H,6-33,38H2,1-5H3. The van der Waals surface area contributed by atoms with Crippen molar-refractivity contribution in [2.24, 2.45) is 0 Å². The number of hydrogen-bond donors (Lipinski definition) is 0. The summed E-state index contributed by atoms with van der Waals surface area (Å²) in [4.78, 5) is 42.2. The van der Waals surface area contributed by atoms with Crippen molar-refractivity contribution in [3.8, 4) is 39.0 Å². The zero-order valence-electron chi connectivity index (χ0n) is 40.3. The largest absolute Gasteiger partial charge is 0.274 e. The van der Waals surface area contributed by atoms with Crippen molar-refractivity contribution < 1.29 is 9.59 Å². The predicted molar refractivity (Wildman–Crippen MR) is 287 cm³/mol. The van der Waals surface area contributed by atoms with Crippen molar-refractivity contribution in [3.63, 3.8) is 0 Å². The molecule has 0 unspecified atom stereocenters. The van der Waals surface area contributed by atoms with E-state index in [1.54, 1.807) is 16.2 Å². The first-order valence-electron chi connectivity index (χ1n) is 25.8. The highest BCUT2D eigenvalue weighted by Crippen LogP contribution is 2.50. The molecule has 0 aromatic carbocycles. The molecule has 0 atom stereocenters. The van der Waals surface area contributed by atoms with Gasteiger partial charge in [-0.2, -0.15) is 0 Å². The molecule has 0 N–H and O–H groups in total. The number of unbranched alkanes of at least 4 members (excludes halogenated alkanes) is 23. The number of imide groups is 1. The summed E-state index contributed by atoms with van der Waals surface area (Å²) >= 11 is 9.27. The smallest absolute Gasteiger partial charge is 0.263 e. The van der Waals surface area contributed by atoms with Crippen LogP contribution in [-0.4, -0.2) is 23.3 Å². The second kappa shape index (κ2) is 27.5. The van der Waals surface area contributed by atoms with Gasteiger partial charge in [-0.1, -0.05) is 168 Å². The van der Waals surface area contributed by atoms with Crippen LogP contribution in [0, 0.1) is 13.8 Å². The van der Waals surface area contributed by atoms with Gasteiger partial charge in [-0.05, 0) is 93.5 Å². The minimum atomic E-state index is -0.0807. The SMILES string of the molecule is CCCCCCCCCCCCc1cc(-c2ccc(-c3ccc(-c4cc(CCCCCCCCCCCC)c(-c5sc(C)c6c5C(=O)N(CCCCCCCC)C6=O)s4)s3)s2)sc1C. The Kier molecular flexibility index (Phi) is 21.9. The first-order chi connectivity index (χ1) is 31.3. The van der Waals surface area contributed by atoms with Gasteiger partial charge in [0, 0.05) is 50.4 Å². The fraction of sp³-hybridized carbons (Fsp3) is 0.607. The zero-order valence-corrected chi connectivity index (χ0v) is 44.4. The van der Waals surface area contributed by atoms with E-state index in [2.05, 4.69) is 64.1 Å². The maximum absolute atomic E-state index is 14.1. The molecule has 3 nitrogen and oxygen atoms in total. The van der Waals surface area contributed by atoms with Crippen molar-refractivity contribution in [2.75, 3.05) is 6.54 Å². The first-order valence-corrected chi connectivity index (χ1v) is 29.8. The van der Waals surface area contributed by atoms with E-state index >= 15 is 0 Å². The van der Waals surface area contributed by atoms with E-state index in [4.69, 9.17) is 0 Å². The van der Waals surface area contributed by atoms with E-state index in [0.29, 0.717) is 17.7 Å². The number of thiophene rings is 5. The van der Waals surface area contributed by atoms with Crippen LogP contribution in [0.5, 0.6) is 0 Å². The minimum absolute atomic E-state index is 0.0773. The molecule has 8 heteroatoms. The Balaban J connectivity index is 1.12. The molecule has 0 saturated heterocycles. The number of carbonyl (C=O) groups is 2. The van der Waals surface area contributed by atoms with Gasteiger partial charge >= 0.3 is 0 Å². The Morgan fingerprint density at radius 3 is 1.27 bits per heavy atom. The van der Waals surface area contributed by atoms with Gasteiger partial charge in [-0.3, -0.25) is 14.5 Å². The van der Waals surface area contributed by atoms with E-state index in [0.717, 1.165) is 35.4 Å². The second-order valence-corrected chi connectivity index (χ2v) is 24.3. The molecule has 1 aliphatic heterocycles. The molecule has 6 heterocycles. The van der Waals surface area contributed by atoms with E-state index in [1.807, 2.05) is 52.3 Å². The maximum Gasteiger partial charge on any atom is 0.263 e. The normalized spacial score (nSPS) is 12.7. The third-order valence-electron chi connectivity index (χ3n) is 13.3. The monoisotopic (exact) mass is 957 g/mol. The predicted octanol–water partition coefficient (Wildman–Crippen LogP) is 20.2. The zero-order chi connectivity index (χ0) is 45.1. The Morgan fingerprint density at radius 1 is 0.375 bits per heavy atom. The van der Waals surface area contributed by atoms with Crippen molar-refractivity contribution in [1.29, 1.82) is 0 Å². The molecule has 350 valence electrons. The van der Waals surface area contributed by atoms with Crippen LogP contribution in [-0.2, 0) is 12.8 Å². The lowest BCUT2D eigenvalue weighted by Gasteiger charge is -2.14. The van der Waals surface area contributed by atoms with Crippen LogP contribution in [0.2, 0.25) is 0 Å². The molecule has 5 aromatic rings. The first kappa shape index (κ1) is 51.0. The molecule has 2 amide bonds. The molecule has 0 bridgehead atoms. The molecule has 0 saturated carbocycles. The van der Waals surface area contributed by atoms with Crippen LogP contribution in [0.1, 0.15) is 229 Å². The lowest BCUT2D eigenvalue weighted by molar-refractivity contribution is 0.0651. The molecule has 1 aliphatic rings. The average Bonchev–Trinajstić information content (AvgIpc) is 4.16. The van der Waals surface area contributed by atoms with Crippen molar-refractivity contribution in [1.82, 2.24) is 4.90 Å². The summed E-state index contributed by atoms with van der Waals surface area (Å²) < 4.78 is 0. The number of fused-ring (bicyclic) bond motifs is 1. The van der Waals surface area contributed by atoms with E-state index in [1.165, 1.54) is 204 Å². The highest BCUT2D eigenvalue weighted by molar-refractivity contribution is 7.30. The van der Waals surface area contributed by atoms with Gasteiger partial charge in [0.15, 0.2) is 0 Å². The van der Waals surface area contributed by atoms with Crippen LogP contribution >= 0.6 is 56.7 Å². The summed E-state index contributed by atoms with van der Waals surface area (Å²) in [6.07, 6.45) is 36.0. The molecular formula is C56H79NO2S5. The summed E-state index contributed by atoms with van der Waals surface area (Å²) in [5.74, 6) is -0.158. The number of hydrogen-bond acceptors (Lipinski definition) is 7. The van der Waals surface area contributed by atoms with Crippen molar-refractivity contribution in [2.45, 2.75) is 214 Å². The third kappa shape index (κ3) is 14.3. The fourth-order valence-electron chi connectivity index (χ4n) is 9.41. The van der Waals surface area contributed by atoms with Gasteiger partial charge in [0.05, 0.1) is 16.0 Å². The highest BCUT2D eigenvalue weighted by atomic mass is 32.1. The lowest BCUT2D eigenvalue weighted by atomic mass is 10.0. The Morgan fingerprint density at radius 2 is 0.766 bits per heavy atom. The van der Waals surface area contributed by atoms with Crippen LogP contribution in [0.15, 0.2) is 36.4 Å². The van der Waals surface area contributed by atoms with Crippen molar-refractivity contribution in [3.05, 3.63) is 68.4 Å². The van der Waals surface area contributed by atoms with E-state index < -0.39 is 0 Å². The third-order valence-corrected chi connectivity index (χ3v) is 19.6. The molecule has 0 aliphatic carbocycles. The number of nitrogens with zero attached hydrogens (tertiary/aromatic N) is 1. The number of rotatable bonds is 33. The van der Waals surface area contributed by atoms with Crippen LogP contribution < -0.4 is 0 Å². The summed E-state index contributed by atoms with van der Waals surface area (Å²) in [5, 5.41) is 0. The molecular weight excluding hydrogens is 879 g/mol. The second-order valence-electron chi connectivity index (χ2n) is 18.6. The summed E-state index contributed by atoms with van der Waals surface area (Å²) in [6, 6.07) is 14.2. The molecule has 5 aromatic heterocycles. The number of aryl methyl sites for hydroxylation is 4. The lowest BCUT2D eigenvalue weighted by Crippen LogP contribution is -2.31. The molecule has 0 spiro atoms. The molecule has 6 rings (SSSR count).